The number of ether oxygens (including phenoxy) is 1. The van der Waals surface area contributed by atoms with E-state index >= 15 is 0 Å². The maximum Gasteiger partial charge on any atom is 0.311 e. The molecule has 174 valence electrons. The van der Waals surface area contributed by atoms with Crippen LogP contribution in [0.4, 0.5) is 0 Å². The molecule has 0 aromatic heterocycles. The number of rotatable bonds is 16. The van der Waals surface area contributed by atoms with Gasteiger partial charge in [0.2, 0.25) is 0 Å². The van der Waals surface area contributed by atoms with Gasteiger partial charge in [-0.1, -0.05) is 103 Å². The van der Waals surface area contributed by atoms with Gasteiger partial charge >= 0.3 is 5.97 Å². The summed E-state index contributed by atoms with van der Waals surface area (Å²) < 4.78 is 5.70. The summed E-state index contributed by atoms with van der Waals surface area (Å²) in [7, 11) is 0. The van der Waals surface area contributed by atoms with Crippen molar-refractivity contribution < 1.29 is 9.53 Å². The molecule has 0 bridgehead atoms. The molecule has 0 amide bonds. The van der Waals surface area contributed by atoms with Gasteiger partial charge in [0.15, 0.2) is 0 Å². The van der Waals surface area contributed by atoms with Gasteiger partial charge in [-0.3, -0.25) is 4.79 Å². The number of carbonyl (C=O) groups is 1. The molecule has 0 spiro atoms. The third-order valence-electron chi connectivity index (χ3n) is 5.63. The van der Waals surface area contributed by atoms with E-state index in [0.717, 1.165) is 37.0 Å². The molecule has 0 atom stereocenters. The quantitative estimate of drug-likeness (QED) is 0.114. The second kappa shape index (κ2) is 16.8. The van der Waals surface area contributed by atoms with Crippen molar-refractivity contribution in [1.82, 2.24) is 0 Å². The van der Waals surface area contributed by atoms with Crippen LogP contribution in [-0.2, 0) is 4.79 Å². The molecule has 0 saturated heterocycles. The largest absolute Gasteiger partial charge is 0.426 e. The Labute approximate surface area is 192 Å². The first-order valence-corrected chi connectivity index (χ1v) is 12.6. The van der Waals surface area contributed by atoms with Crippen LogP contribution in [-0.4, -0.2) is 5.97 Å². The third kappa shape index (κ3) is 12.6. The van der Waals surface area contributed by atoms with E-state index in [1.54, 1.807) is 0 Å². The lowest BCUT2D eigenvalue weighted by Gasteiger charge is -2.16. The van der Waals surface area contributed by atoms with Crippen molar-refractivity contribution in [3.8, 4) is 5.75 Å². The van der Waals surface area contributed by atoms with Gasteiger partial charge in [-0.25, -0.2) is 0 Å². The van der Waals surface area contributed by atoms with Gasteiger partial charge in [-0.2, -0.15) is 0 Å². The Bertz CT molecular complexity index is 667. The maximum absolute atomic E-state index is 12.3. The fourth-order valence-corrected chi connectivity index (χ4v) is 3.53. The Morgan fingerprint density at radius 1 is 0.839 bits per heavy atom. The summed E-state index contributed by atoms with van der Waals surface area (Å²) in [5.74, 6) is 1.45. The van der Waals surface area contributed by atoms with Gasteiger partial charge in [-0.15, -0.1) is 0 Å². The molecule has 0 aliphatic heterocycles. The fraction of sp³-hybridized carbons (Fsp3) is 0.621. The zero-order chi connectivity index (χ0) is 22.9. The molecule has 0 radical (unpaired) electrons. The Kier molecular flexibility index (Phi) is 14.8. The number of benzene rings is 1. The number of unbranched alkanes of at least 4 members (excludes halogenated alkanes) is 7. The number of carbonyl (C=O) groups excluding carboxylic acids is 1. The van der Waals surface area contributed by atoms with E-state index in [2.05, 4.69) is 71.1 Å². The predicted octanol–water partition coefficient (Wildman–Crippen LogP) is 9.26. The fourth-order valence-electron chi connectivity index (χ4n) is 3.53. The van der Waals surface area contributed by atoms with E-state index in [9.17, 15) is 4.79 Å². The summed E-state index contributed by atoms with van der Waals surface area (Å²) in [4.78, 5) is 12.3. The molecule has 2 heteroatoms. The Morgan fingerprint density at radius 3 is 2.13 bits per heavy atom. The van der Waals surface area contributed by atoms with Gasteiger partial charge in [0.1, 0.15) is 5.75 Å². The van der Waals surface area contributed by atoms with Gasteiger partial charge < -0.3 is 4.74 Å². The molecule has 0 unspecified atom stereocenters. The van der Waals surface area contributed by atoms with Crippen LogP contribution in [0, 0.1) is 0 Å². The lowest BCUT2D eigenvalue weighted by Crippen LogP contribution is -2.10. The Morgan fingerprint density at radius 2 is 1.48 bits per heavy atom. The molecule has 1 aromatic rings. The van der Waals surface area contributed by atoms with Crippen molar-refractivity contribution in [2.45, 2.75) is 117 Å². The molecule has 0 saturated carbocycles. The molecule has 0 heterocycles. The smallest absolute Gasteiger partial charge is 0.311 e. The second-order valence-electron chi connectivity index (χ2n) is 9.21. The van der Waals surface area contributed by atoms with Gasteiger partial charge in [0, 0.05) is 6.42 Å². The minimum absolute atomic E-state index is 0.103. The molecule has 0 aliphatic rings. The van der Waals surface area contributed by atoms with Gasteiger partial charge in [0.25, 0.3) is 0 Å². The molecule has 0 fully saturated rings. The summed E-state index contributed by atoms with van der Waals surface area (Å²) in [6.45, 7) is 10.9. The van der Waals surface area contributed by atoms with E-state index in [1.165, 1.54) is 44.1 Å². The maximum atomic E-state index is 12.3. The predicted molar refractivity (Wildman–Crippen MR) is 135 cm³/mol. The lowest BCUT2D eigenvalue weighted by atomic mass is 9.95. The minimum atomic E-state index is -0.103. The summed E-state index contributed by atoms with van der Waals surface area (Å²) in [5.41, 5.74) is 2.42. The van der Waals surface area contributed by atoms with E-state index in [4.69, 9.17) is 4.74 Å². The number of esters is 1. The van der Waals surface area contributed by atoms with Crippen molar-refractivity contribution >= 4 is 5.97 Å². The highest BCUT2D eigenvalue weighted by Crippen LogP contribution is 2.30. The highest BCUT2D eigenvalue weighted by Gasteiger charge is 2.13. The average Bonchev–Trinajstić information content (AvgIpc) is 2.74. The molecule has 1 rings (SSSR count). The second-order valence-corrected chi connectivity index (χ2v) is 9.21. The van der Waals surface area contributed by atoms with E-state index in [0.29, 0.717) is 18.3 Å². The molecule has 0 N–H and O–H groups in total. The number of hydrogen-bond donors (Lipinski definition) is 0. The topological polar surface area (TPSA) is 26.3 Å². The zero-order valence-corrected chi connectivity index (χ0v) is 20.8. The molecule has 0 aliphatic carbocycles. The van der Waals surface area contributed by atoms with Crippen molar-refractivity contribution in [2.75, 3.05) is 0 Å². The lowest BCUT2D eigenvalue weighted by molar-refractivity contribution is -0.134. The Balaban J connectivity index is 2.17. The standard InChI is InChI=1S/C29H46O2/c1-6-7-8-9-10-11-12-13-14-15-16-17-18-19-20-29(30)31-28-22-21-26(24(2)3)23-27(28)25(4)5/h9-10,12-13,21-25H,6-8,11,14-20H2,1-5H3/b10-9-,13-12-. The number of allylic oxidation sites excluding steroid dienone is 4. The van der Waals surface area contributed by atoms with Crippen molar-refractivity contribution in [2.24, 2.45) is 0 Å². The SMILES string of the molecule is CCCC/C=C\C/C=C\CCCCCCCC(=O)Oc1ccc(C(C)C)cc1C(C)C. The Hall–Kier alpha value is -1.83. The molecule has 1 aromatic carbocycles. The van der Waals surface area contributed by atoms with Crippen LogP contribution < -0.4 is 4.74 Å². The van der Waals surface area contributed by atoms with E-state index in [-0.39, 0.29) is 5.97 Å². The first kappa shape index (κ1) is 27.2. The monoisotopic (exact) mass is 426 g/mol. The van der Waals surface area contributed by atoms with E-state index < -0.39 is 0 Å². The van der Waals surface area contributed by atoms with Gasteiger partial charge in [-0.05, 0) is 61.1 Å². The van der Waals surface area contributed by atoms with Crippen molar-refractivity contribution in [3.05, 3.63) is 53.6 Å². The van der Waals surface area contributed by atoms with E-state index in [1.807, 2.05) is 6.07 Å². The summed E-state index contributed by atoms with van der Waals surface area (Å²) in [6.07, 6.45) is 21.3. The normalized spacial score (nSPS) is 12.0. The van der Waals surface area contributed by atoms with Crippen LogP contribution in [0.25, 0.3) is 0 Å². The average molecular weight is 427 g/mol. The first-order valence-electron chi connectivity index (χ1n) is 12.6. The summed E-state index contributed by atoms with van der Waals surface area (Å²) in [6, 6.07) is 6.24. The minimum Gasteiger partial charge on any atom is -0.426 e. The van der Waals surface area contributed by atoms with Crippen LogP contribution in [0.15, 0.2) is 42.5 Å². The summed E-state index contributed by atoms with van der Waals surface area (Å²) in [5, 5.41) is 0. The first-order chi connectivity index (χ1) is 15.0. The third-order valence-corrected chi connectivity index (χ3v) is 5.63. The summed E-state index contributed by atoms with van der Waals surface area (Å²) >= 11 is 0. The van der Waals surface area contributed by atoms with Crippen LogP contribution in [0.5, 0.6) is 5.75 Å². The molecular formula is C29H46O2. The van der Waals surface area contributed by atoms with Crippen molar-refractivity contribution in [3.63, 3.8) is 0 Å². The van der Waals surface area contributed by atoms with Crippen LogP contribution >= 0.6 is 0 Å². The van der Waals surface area contributed by atoms with Crippen LogP contribution in [0.1, 0.15) is 128 Å². The zero-order valence-electron chi connectivity index (χ0n) is 20.8. The molecule has 2 nitrogen and oxygen atoms in total. The van der Waals surface area contributed by atoms with Gasteiger partial charge in [0.05, 0.1) is 0 Å². The highest BCUT2D eigenvalue weighted by atomic mass is 16.5. The number of hydrogen-bond acceptors (Lipinski definition) is 2. The van der Waals surface area contributed by atoms with Crippen molar-refractivity contribution in [1.29, 1.82) is 0 Å². The molecular weight excluding hydrogens is 380 g/mol. The molecule has 31 heavy (non-hydrogen) atoms. The van der Waals surface area contributed by atoms with Crippen LogP contribution in [0.3, 0.4) is 0 Å². The highest BCUT2D eigenvalue weighted by molar-refractivity contribution is 5.72. The van der Waals surface area contributed by atoms with Crippen LogP contribution in [0.2, 0.25) is 0 Å².